The van der Waals surface area contributed by atoms with Gasteiger partial charge in [-0.2, -0.15) is 0 Å². The summed E-state index contributed by atoms with van der Waals surface area (Å²) in [6.07, 6.45) is 6.65. The highest BCUT2D eigenvalue weighted by atomic mass is 35.5. The molecule has 2 nitrogen and oxygen atoms in total. The maximum atomic E-state index is 5.66. The summed E-state index contributed by atoms with van der Waals surface area (Å²) in [5.41, 5.74) is 0. The zero-order chi connectivity index (χ0) is 9.10. The Labute approximate surface area is 87.3 Å². The first-order valence-electron chi connectivity index (χ1n) is 4.75. The molecule has 1 aromatic rings. The fourth-order valence-corrected chi connectivity index (χ4v) is 2.91. The molecule has 1 aliphatic carbocycles. The van der Waals surface area contributed by atoms with E-state index in [0.717, 1.165) is 17.3 Å². The normalized spacial score (nSPS) is 18.2. The van der Waals surface area contributed by atoms with Gasteiger partial charge in [-0.15, -0.1) is 33.1 Å². The number of halogens is 1. The van der Waals surface area contributed by atoms with Gasteiger partial charge in [0.1, 0.15) is 10.0 Å². The molecule has 1 aliphatic rings. The molecule has 1 heterocycles. The highest BCUT2D eigenvalue weighted by Crippen LogP contribution is 2.28. The lowest BCUT2D eigenvalue weighted by molar-refractivity contribution is 0.542. The summed E-state index contributed by atoms with van der Waals surface area (Å²) >= 11 is 7.33. The lowest BCUT2D eigenvalue weighted by Crippen LogP contribution is -1.97. The molecule has 13 heavy (non-hydrogen) atoms. The van der Waals surface area contributed by atoms with Crippen molar-refractivity contribution in [1.29, 1.82) is 0 Å². The average molecular weight is 217 g/mol. The minimum absolute atomic E-state index is 0.502. The van der Waals surface area contributed by atoms with Crippen molar-refractivity contribution < 1.29 is 0 Å². The van der Waals surface area contributed by atoms with E-state index in [4.69, 9.17) is 11.6 Å². The molecule has 1 aromatic heterocycles. The molecule has 0 aromatic carbocycles. The van der Waals surface area contributed by atoms with Crippen LogP contribution in [0.25, 0.3) is 0 Å². The van der Waals surface area contributed by atoms with E-state index in [0.29, 0.717) is 5.88 Å². The van der Waals surface area contributed by atoms with Crippen LogP contribution in [0.3, 0.4) is 0 Å². The third-order valence-corrected chi connectivity index (χ3v) is 3.92. The average Bonchev–Trinajstić information content (AvgIpc) is 2.76. The lowest BCUT2D eigenvalue weighted by Gasteiger charge is -2.03. The minimum Gasteiger partial charge on any atom is -0.144 e. The number of aromatic nitrogens is 2. The van der Waals surface area contributed by atoms with E-state index in [9.17, 15) is 0 Å². The van der Waals surface area contributed by atoms with Gasteiger partial charge in [0.05, 0.1) is 5.88 Å². The summed E-state index contributed by atoms with van der Waals surface area (Å²) in [6, 6.07) is 0. The number of alkyl halides is 1. The molecule has 0 N–H and O–H groups in total. The molecule has 4 heteroatoms. The second-order valence-corrected chi connectivity index (χ2v) is 4.99. The maximum absolute atomic E-state index is 5.66. The molecule has 0 aliphatic heterocycles. The number of hydrogen-bond donors (Lipinski definition) is 0. The Bertz CT molecular complexity index is 268. The van der Waals surface area contributed by atoms with Crippen LogP contribution in [0.2, 0.25) is 0 Å². The monoisotopic (exact) mass is 216 g/mol. The second-order valence-electron chi connectivity index (χ2n) is 3.58. The predicted octanol–water partition coefficient (Wildman–Crippen LogP) is 3.01. The smallest absolute Gasteiger partial charge is 0.132 e. The van der Waals surface area contributed by atoms with Crippen LogP contribution in [0.5, 0.6) is 0 Å². The van der Waals surface area contributed by atoms with Gasteiger partial charge in [0.15, 0.2) is 0 Å². The van der Waals surface area contributed by atoms with Crippen LogP contribution >= 0.6 is 22.9 Å². The Hall–Kier alpha value is -0.150. The Kier molecular flexibility index (Phi) is 3.17. The summed E-state index contributed by atoms with van der Waals surface area (Å²) in [6.45, 7) is 0. The molecule has 0 bridgehead atoms. The van der Waals surface area contributed by atoms with Crippen LogP contribution in [0.4, 0.5) is 0 Å². The largest absolute Gasteiger partial charge is 0.144 e. The molecule has 0 unspecified atom stereocenters. The van der Waals surface area contributed by atoms with Gasteiger partial charge in [0, 0.05) is 6.42 Å². The second kappa shape index (κ2) is 4.38. The highest BCUT2D eigenvalue weighted by molar-refractivity contribution is 7.11. The Morgan fingerprint density at radius 1 is 1.23 bits per heavy atom. The SMILES string of the molecule is ClCc1nnc(CC2CCCC2)s1. The topological polar surface area (TPSA) is 25.8 Å². The van der Waals surface area contributed by atoms with Crippen molar-refractivity contribution in [3.8, 4) is 0 Å². The summed E-state index contributed by atoms with van der Waals surface area (Å²) in [7, 11) is 0. The van der Waals surface area contributed by atoms with Crippen LogP contribution in [-0.4, -0.2) is 10.2 Å². The van der Waals surface area contributed by atoms with E-state index < -0.39 is 0 Å². The van der Waals surface area contributed by atoms with Gasteiger partial charge in [-0.1, -0.05) is 25.7 Å². The third-order valence-electron chi connectivity index (χ3n) is 2.56. The van der Waals surface area contributed by atoms with Crippen molar-refractivity contribution in [3.05, 3.63) is 10.0 Å². The first kappa shape index (κ1) is 9.41. The van der Waals surface area contributed by atoms with E-state index >= 15 is 0 Å². The summed E-state index contributed by atoms with van der Waals surface area (Å²) in [4.78, 5) is 0. The fraction of sp³-hybridized carbons (Fsp3) is 0.778. The molecular formula is C9H13ClN2S. The van der Waals surface area contributed by atoms with E-state index in [1.54, 1.807) is 11.3 Å². The number of hydrogen-bond acceptors (Lipinski definition) is 3. The zero-order valence-corrected chi connectivity index (χ0v) is 9.07. The molecule has 2 rings (SSSR count). The van der Waals surface area contributed by atoms with Crippen molar-refractivity contribution in [2.75, 3.05) is 0 Å². The van der Waals surface area contributed by atoms with Gasteiger partial charge < -0.3 is 0 Å². The predicted molar refractivity (Wildman–Crippen MR) is 55.1 cm³/mol. The molecule has 72 valence electrons. The van der Waals surface area contributed by atoms with E-state index in [2.05, 4.69) is 10.2 Å². The van der Waals surface area contributed by atoms with Crippen LogP contribution < -0.4 is 0 Å². The van der Waals surface area contributed by atoms with Crippen LogP contribution in [0.15, 0.2) is 0 Å². The van der Waals surface area contributed by atoms with Crippen LogP contribution in [0, 0.1) is 5.92 Å². The molecular weight excluding hydrogens is 204 g/mol. The molecule has 0 saturated heterocycles. The van der Waals surface area contributed by atoms with E-state index in [1.165, 1.54) is 30.7 Å². The van der Waals surface area contributed by atoms with E-state index in [-0.39, 0.29) is 0 Å². The summed E-state index contributed by atoms with van der Waals surface area (Å²) in [5, 5.41) is 10.3. The molecule has 0 spiro atoms. The minimum atomic E-state index is 0.502. The summed E-state index contributed by atoms with van der Waals surface area (Å²) in [5.74, 6) is 1.36. The molecule has 0 radical (unpaired) electrons. The zero-order valence-electron chi connectivity index (χ0n) is 7.50. The van der Waals surface area contributed by atoms with Gasteiger partial charge in [0.2, 0.25) is 0 Å². The first-order chi connectivity index (χ1) is 6.38. The number of nitrogens with zero attached hydrogens (tertiary/aromatic N) is 2. The Morgan fingerprint density at radius 2 is 1.92 bits per heavy atom. The maximum Gasteiger partial charge on any atom is 0.132 e. The van der Waals surface area contributed by atoms with Crippen LogP contribution in [0.1, 0.15) is 35.7 Å². The van der Waals surface area contributed by atoms with Gasteiger partial charge >= 0.3 is 0 Å². The number of rotatable bonds is 3. The van der Waals surface area contributed by atoms with Gasteiger partial charge in [-0.25, -0.2) is 0 Å². The first-order valence-corrected chi connectivity index (χ1v) is 6.11. The van der Waals surface area contributed by atoms with Crippen molar-refractivity contribution in [2.45, 2.75) is 38.0 Å². The highest BCUT2D eigenvalue weighted by Gasteiger charge is 2.17. The van der Waals surface area contributed by atoms with Gasteiger partial charge in [-0.05, 0) is 5.92 Å². The van der Waals surface area contributed by atoms with Crippen LogP contribution in [-0.2, 0) is 12.3 Å². The fourth-order valence-electron chi connectivity index (χ4n) is 1.89. The summed E-state index contributed by atoms with van der Waals surface area (Å²) < 4.78 is 0. The molecule has 1 fully saturated rings. The lowest BCUT2D eigenvalue weighted by atomic mass is 10.1. The van der Waals surface area contributed by atoms with Crippen molar-refractivity contribution in [3.63, 3.8) is 0 Å². The Balaban J connectivity index is 1.92. The molecule has 0 amide bonds. The quantitative estimate of drug-likeness (QED) is 0.726. The standard InChI is InChI=1S/C9H13ClN2S/c10-6-9-12-11-8(13-9)5-7-3-1-2-4-7/h7H,1-6H2. The van der Waals surface area contributed by atoms with Gasteiger partial charge in [-0.3, -0.25) is 0 Å². The third kappa shape index (κ3) is 2.41. The Morgan fingerprint density at radius 3 is 2.54 bits per heavy atom. The van der Waals surface area contributed by atoms with Gasteiger partial charge in [0.25, 0.3) is 0 Å². The molecule has 1 saturated carbocycles. The van der Waals surface area contributed by atoms with Crippen molar-refractivity contribution in [1.82, 2.24) is 10.2 Å². The van der Waals surface area contributed by atoms with E-state index in [1.807, 2.05) is 0 Å². The van der Waals surface area contributed by atoms with Crippen molar-refractivity contribution >= 4 is 22.9 Å². The molecule has 0 atom stereocenters. The van der Waals surface area contributed by atoms with Crippen molar-refractivity contribution in [2.24, 2.45) is 5.92 Å².